The maximum absolute atomic E-state index is 6.31. The molecule has 0 aromatic heterocycles. The normalized spacial score (nSPS) is 30.4. The van der Waals surface area contributed by atoms with E-state index in [0.29, 0.717) is 28.1 Å². The summed E-state index contributed by atoms with van der Waals surface area (Å²) in [5.41, 5.74) is 2.54. The Morgan fingerprint density at radius 2 is 1.53 bits per heavy atom. The molecular formula is C26H31Cl2NO. The molecule has 30 heavy (non-hydrogen) atoms. The van der Waals surface area contributed by atoms with Crippen LogP contribution in [0.5, 0.6) is 5.75 Å². The van der Waals surface area contributed by atoms with Gasteiger partial charge in [0.15, 0.2) is 0 Å². The Labute approximate surface area is 190 Å². The largest absolute Gasteiger partial charge is 0.488 e. The molecule has 4 aliphatic rings. The third kappa shape index (κ3) is 3.99. The Hall–Kier alpha value is -1.22. The molecule has 4 fully saturated rings. The number of ether oxygens (including phenoxy) is 1. The van der Waals surface area contributed by atoms with Gasteiger partial charge in [0.25, 0.3) is 0 Å². The first-order chi connectivity index (χ1) is 14.5. The maximum atomic E-state index is 6.31. The van der Waals surface area contributed by atoms with E-state index in [-0.39, 0.29) is 0 Å². The van der Waals surface area contributed by atoms with Crippen LogP contribution in [0, 0.1) is 23.2 Å². The van der Waals surface area contributed by atoms with E-state index in [1.807, 2.05) is 30.3 Å². The summed E-state index contributed by atoms with van der Waals surface area (Å²) >= 11 is 12.6. The molecule has 1 unspecified atom stereocenters. The quantitative estimate of drug-likeness (QED) is 0.485. The Balaban J connectivity index is 1.25. The van der Waals surface area contributed by atoms with E-state index in [4.69, 9.17) is 27.9 Å². The Kier molecular flexibility index (Phi) is 5.77. The Morgan fingerprint density at radius 3 is 2.17 bits per heavy atom. The second-order valence-electron chi connectivity index (χ2n) is 9.98. The number of halogens is 2. The first-order valence-electron chi connectivity index (χ1n) is 11.4. The minimum Gasteiger partial charge on any atom is -0.488 e. The van der Waals surface area contributed by atoms with Crippen LogP contribution in [-0.4, -0.2) is 6.04 Å². The summed E-state index contributed by atoms with van der Waals surface area (Å²) in [4.78, 5) is 0. The van der Waals surface area contributed by atoms with Crippen molar-refractivity contribution in [1.82, 2.24) is 5.32 Å². The second kappa shape index (κ2) is 8.37. The Morgan fingerprint density at radius 1 is 0.933 bits per heavy atom. The number of para-hydroxylation sites is 1. The fourth-order valence-electron chi connectivity index (χ4n) is 6.80. The number of rotatable bonds is 7. The average molecular weight is 444 g/mol. The van der Waals surface area contributed by atoms with Crippen LogP contribution in [0.15, 0.2) is 42.5 Å². The molecule has 0 heterocycles. The molecule has 0 radical (unpaired) electrons. The van der Waals surface area contributed by atoms with E-state index in [1.54, 1.807) is 0 Å². The fraction of sp³-hybridized carbons (Fsp3) is 0.538. The molecule has 1 atom stereocenters. The predicted octanol–water partition coefficient (Wildman–Crippen LogP) is 7.27. The zero-order valence-electron chi connectivity index (χ0n) is 17.7. The molecule has 0 saturated heterocycles. The van der Waals surface area contributed by atoms with Gasteiger partial charge in [-0.1, -0.05) is 47.5 Å². The summed E-state index contributed by atoms with van der Waals surface area (Å²) in [6.45, 7) is 3.62. The van der Waals surface area contributed by atoms with Crippen molar-refractivity contribution >= 4 is 23.2 Å². The smallest absolute Gasteiger partial charge is 0.124 e. The lowest BCUT2D eigenvalue weighted by atomic mass is 9.48. The van der Waals surface area contributed by atoms with Crippen molar-refractivity contribution in [3.63, 3.8) is 0 Å². The second-order valence-corrected chi connectivity index (χ2v) is 10.8. The van der Waals surface area contributed by atoms with Gasteiger partial charge in [-0.2, -0.15) is 0 Å². The maximum Gasteiger partial charge on any atom is 0.124 e. The number of benzene rings is 2. The van der Waals surface area contributed by atoms with Crippen molar-refractivity contribution in [1.29, 1.82) is 0 Å². The minimum atomic E-state index is 0.375. The standard InChI is InChI=1S/C26H31Cl2NO/c1-17(26-12-18-9-19(13-26)11-20(10-18)14-26)29-15-21-5-2-3-8-25(21)30-16-22-23(27)6-4-7-24(22)28/h2-8,17-20,29H,9-16H2,1H3. The lowest BCUT2D eigenvalue weighted by Crippen LogP contribution is -2.54. The highest BCUT2D eigenvalue weighted by molar-refractivity contribution is 6.35. The van der Waals surface area contributed by atoms with Crippen molar-refractivity contribution in [3.05, 3.63) is 63.6 Å². The van der Waals surface area contributed by atoms with Gasteiger partial charge in [0.05, 0.1) is 0 Å². The van der Waals surface area contributed by atoms with Crippen LogP contribution in [-0.2, 0) is 13.2 Å². The molecule has 0 spiro atoms. The monoisotopic (exact) mass is 443 g/mol. The molecule has 2 aromatic rings. The first kappa shape index (κ1) is 20.7. The van der Waals surface area contributed by atoms with E-state index in [9.17, 15) is 0 Å². The van der Waals surface area contributed by atoms with Crippen LogP contribution in [0.2, 0.25) is 10.0 Å². The predicted molar refractivity (Wildman–Crippen MR) is 124 cm³/mol. The van der Waals surface area contributed by atoms with Gasteiger partial charge in [-0.15, -0.1) is 0 Å². The minimum absolute atomic E-state index is 0.375. The molecule has 1 N–H and O–H groups in total. The van der Waals surface area contributed by atoms with Crippen molar-refractivity contribution in [2.24, 2.45) is 23.2 Å². The SMILES string of the molecule is CC(NCc1ccccc1OCc1c(Cl)cccc1Cl)C12CC3CC(CC(C3)C1)C2. The van der Waals surface area contributed by atoms with Crippen molar-refractivity contribution in [2.45, 2.75) is 64.6 Å². The molecule has 2 aromatic carbocycles. The van der Waals surface area contributed by atoms with E-state index >= 15 is 0 Å². The summed E-state index contributed by atoms with van der Waals surface area (Å²) < 4.78 is 6.16. The fourth-order valence-corrected chi connectivity index (χ4v) is 7.30. The molecular weight excluding hydrogens is 413 g/mol. The van der Waals surface area contributed by atoms with Crippen molar-refractivity contribution in [3.8, 4) is 5.75 Å². The molecule has 4 saturated carbocycles. The lowest BCUT2D eigenvalue weighted by Gasteiger charge is -2.59. The van der Waals surface area contributed by atoms with E-state index in [0.717, 1.165) is 35.6 Å². The lowest BCUT2D eigenvalue weighted by molar-refractivity contribution is -0.0706. The van der Waals surface area contributed by atoms with Crippen LogP contribution in [0.3, 0.4) is 0 Å². The van der Waals surface area contributed by atoms with Gasteiger partial charge in [-0.25, -0.2) is 0 Å². The number of hydrogen-bond acceptors (Lipinski definition) is 2. The molecule has 0 aliphatic heterocycles. The van der Waals surface area contributed by atoms with Gasteiger partial charge >= 0.3 is 0 Å². The third-order valence-electron chi connectivity index (χ3n) is 8.01. The summed E-state index contributed by atoms with van der Waals surface area (Å²) in [6.07, 6.45) is 8.76. The van der Waals surface area contributed by atoms with E-state index < -0.39 is 0 Å². The van der Waals surface area contributed by atoms with E-state index in [2.05, 4.69) is 24.4 Å². The molecule has 0 amide bonds. The number of nitrogens with one attached hydrogen (secondary N) is 1. The first-order valence-corrected chi connectivity index (χ1v) is 12.1. The summed E-state index contributed by atoms with van der Waals surface area (Å²) in [5.74, 6) is 3.85. The zero-order chi connectivity index (χ0) is 20.7. The molecule has 6 rings (SSSR count). The van der Waals surface area contributed by atoms with Gasteiger partial charge < -0.3 is 10.1 Å². The van der Waals surface area contributed by atoms with Crippen LogP contribution >= 0.6 is 23.2 Å². The summed E-state index contributed by atoms with van der Waals surface area (Å²) in [6, 6.07) is 14.4. The summed E-state index contributed by atoms with van der Waals surface area (Å²) in [5, 5.41) is 5.18. The highest BCUT2D eigenvalue weighted by Crippen LogP contribution is 2.61. The van der Waals surface area contributed by atoms with Gasteiger partial charge in [0, 0.05) is 33.8 Å². The highest BCUT2D eigenvalue weighted by atomic mass is 35.5. The highest BCUT2D eigenvalue weighted by Gasteiger charge is 2.52. The van der Waals surface area contributed by atoms with Crippen LogP contribution in [0.1, 0.15) is 56.6 Å². The van der Waals surface area contributed by atoms with Crippen LogP contribution in [0.25, 0.3) is 0 Å². The van der Waals surface area contributed by atoms with Crippen molar-refractivity contribution < 1.29 is 4.74 Å². The van der Waals surface area contributed by atoms with Crippen LogP contribution in [0.4, 0.5) is 0 Å². The number of hydrogen-bond donors (Lipinski definition) is 1. The average Bonchev–Trinajstić information content (AvgIpc) is 2.71. The van der Waals surface area contributed by atoms with E-state index in [1.165, 1.54) is 44.1 Å². The molecule has 4 aliphatic carbocycles. The topological polar surface area (TPSA) is 21.3 Å². The molecule has 2 nitrogen and oxygen atoms in total. The van der Waals surface area contributed by atoms with Gasteiger partial charge in [0.1, 0.15) is 12.4 Å². The van der Waals surface area contributed by atoms with Crippen LogP contribution < -0.4 is 10.1 Å². The van der Waals surface area contributed by atoms with Gasteiger partial charge in [0.2, 0.25) is 0 Å². The summed E-state index contributed by atoms with van der Waals surface area (Å²) in [7, 11) is 0. The van der Waals surface area contributed by atoms with Gasteiger partial charge in [-0.05, 0) is 86.8 Å². The Bertz CT molecular complexity index is 856. The molecule has 4 heteroatoms. The molecule has 160 valence electrons. The third-order valence-corrected chi connectivity index (χ3v) is 8.72. The molecule has 4 bridgehead atoms. The van der Waals surface area contributed by atoms with Crippen molar-refractivity contribution in [2.75, 3.05) is 0 Å². The van der Waals surface area contributed by atoms with Gasteiger partial charge in [-0.3, -0.25) is 0 Å². The zero-order valence-corrected chi connectivity index (χ0v) is 19.2.